The fourth-order valence-corrected chi connectivity index (χ4v) is 3.32. The van der Waals surface area contributed by atoms with Crippen LogP contribution in [0.1, 0.15) is 16.2 Å². The standard InChI is InChI=1S/C21H20F2N4O3/c1-29-15-7-5-14(6-8-15)20-24-18(30-25-20)13-26-9-11-27(12-10-26)21(28)16-3-2-4-17(22)19(16)23/h2-8H,9-13H2,1H3. The van der Waals surface area contributed by atoms with E-state index in [9.17, 15) is 13.6 Å². The van der Waals surface area contributed by atoms with Crippen LogP contribution < -0.4 is 4.74 Å². The molecule has 0 radical (unpaired) electrons. The summed E-state index contributed by atoms with van der Waals surface area (Å²) in [5.41, 5.74) is 0.572. The maximum absolute atomic E-state index is 13.9. The molecule has 1 aliphatic heterocycles. The summed E-state index contributed by atoms with van der Waals surface area (Å²) in [5, 5.41) is 4.01. The van der Waals surface area contributed by atoms with Gasteiger partial charge in [0.05, 0.1) is 19.2 Å². The number of ether oxygens (including phenoxy) is 1. The van der Waals surface area contributed by atoms with Gasteiger partial charge in [-0.3, -0.25) is 9.69 Å². The maximum Gasteiger partial charge on any atom is 0.257 e. The number of carbonyl (C=O) groups excluding carboxylic acids is 1. The number of methoxy groups -OCH3 is 1. The smallest absolute Gasteiger partial charge is 0.257 e. The molecule has 0 atom stereocenters. The number of halogens is 2. The third kappa shape index (κ3) is 4.16. The summed E-state index contributed by atoms with van der Waals surface area (Å²) in [7, 11) is 1.60. The lowest BCUT2D eigenvalue weighted by Crippen LogP contribution is -2.48. The number of rotatable bonds is 5. The van der Waals surface area contributed by atoms with Crippen LogP contribution in [0, 0.1) is 11.6 Å². The second-order valence-corrected chi connectivity index (χ2v) is 6.91. The minimum Gasteiger partial charge on any atom is -0.497 e. The first-order valence-electron chi connectivity index (χ1n) is 9.48. The lowest BCUT2D eigenvalue weighted by atomic mass is 10.1. The highest BCUT2D eigenvalue weighted by Crippen LogP contribution is 2.21. The zero-order valence-electron chi connectivity index (χ0n) is 16.3. The first-order valence-corrected chi connectivity index (χ1v) is 9.48. The molecule has 7 nitrogen and oxygen atoms in total. The lowest BCUT2D eigenvalue weighted by Gasteiger charge is -2.34. The van der Waals surface area contributed by atoms with Crippen molar-refractivity contribution in [3.05, 3.63) is 65.6 Å². The molecule has 30 heavy (non-hydrogen) atoms. The van der Waals surface area contributed by atoms with Gasteiger partial charge in [-0.25, -0.2) is 8.78 Å². The Labute approximate surface area is 171 Å². The van der Waals surface area contributed by atoms with E-state index in [0.29, 0.717) is 44.4 Å². The molecule has 0 aliphatic carbocycles. The van der Waals surface area contributed by atoms with Crippen molar-refractivity contribution in [1.29, 1.82) is 0 Å². The summed E-state index contributed by atoms with van der Waals surface area (Å²) in [6, 6.07) is 11.0. The van der Waals surface area contributed by atoms with Crippen LogP contribution in [0.25, 0.3) is 11.4 Å². The van der Waals surface area contributed by atoms with Gasteiger partial charge in [0.25, 0.3) is 5.91 Å². The highest BCUT2D eigenvalue weighted by molar-refractivity contribution is 5.94. The molecule has 0 unspecified atom stereocenters. The number of aromatic nitrogens is 2. The number of hydrogen-bond donors (Lipinski definition) is 0. The molecule has 0 saturated carbocycles. The van der Waals surface area contributed by atoms with E-state index >= 15 is 0 Å². The van der Waals surface area contributed by atoms with Gasteiger partial charge in [0.15, 0.2) is 11.6 Å². The van der Waals surface area contributed by atoms with Gasteiger partial charge in [0, 0.05) is 31.7 Å². The average Bonchev–Trinajstić information content (AvgIpc) is 3.24. The Balaban J connectivity index is 1.34. The average molecular weight is 414 g/mol. The minimum absolute atomic E-state index is 0.246. The number of benzene rings is 2. The lowest BCUT2D eigenvalue weighted by molar-refractivity contribution is 0.0609. The summed E-state index contributed by atoms with van der Waals surface area (Å²) in [6.07, 6.45) is 0. The predicted octanol–water partition coefficient (Wildman–Crippen LogP) is 2.98. The molecule has 1 aliphatic rings. The largest absolute Gasteiger partial charge is 0.497 e. The normalized spacial score (nSPS) is 14.7. The number of nitrogens with zero attached hydrogens (tertiary/aromatic N) is 4. The maximum atomic E-state index is 13.9. The van der Waals surface area contributed by atoms with Crippen molar-refractivity contribution >= 4 is 5.91 Å². The van der Waals surface area contributed by atoms with Crippen LogP contribution in [0.15, 0.2) is 47.0 Å². The third-order valence-electron chi connectivity index (χ3n) is 5.02. The monoisotopic (exact) mass is 414 g/mol. The van der Waals surface area contributed by atoms with Crippen molar-refractivity contribution in [3.8, 4) is 17.1 Å². The number of hydrogen-bond acceptors (Lipinski definition) is 6. The van der Waals surface area contributed by atoms with Crippen molar-refractivity contribution in [2.24, 2.45) is 0 Å². The number of carbonyl (C=O) groups is 1. The van der Waals surface area contributed by atoms with Crippen LogP contribution in [0.2, 0.25) is 0 Å². The van der Waals surface area contributed by atoms with Gasteiger partial charge in [-0.1, -0.05) is 11.2 Å². The summed E-state index contributed by atoms with van der Waals surface area (Å²) in [4.78, 5) is 20.5. The topological polar surface area (TPSA) is 71.7 Å². The number of amides is 1. The van der Waals surface area contributed by atoms with E-state index in [4.69, 9.17) is 9.26 Å². The van der Waals surface area contributed by atoms with Gasteiger partial charge in [0.2, 0.25) is 11.7 Å². The predicted molar refractivity (Wildman–Crippen MR) is 104 cm³/mol. The van der Waals surface area contributed by atoms with Gasteiger partial charge in [-0.05, 0) is 36.4 Å². The van der Waals surface area contributed by atoms with Gasteiger partial charge >= 0.3 is 0 Å². The Bertz CT molecular complexity index is 1030. The van der Waals surface area contributed by atoms with Crippen LogP contribution >= 0.6 is 0 Å². The molecule has 2 aromatic carbocycles. The molecule has 9 heteroatoms. The highest BCUT2D eigenvalue weighted by atomic mass is 19.2. The molecule has 156 valence electrons. The molecule has 4 rings (SSSR count). The van der Waals surface area contributed by atoms with Crippen molar-refractivity contribution < 1.29 is 22.8 Å². The SMILES string of the molecule is COc1ccc(-c2noc(CN3CCN(C(=O)c4cccc(F)c4F)CC3)n2)cc1. The van der Waals surface area contributed by atoms with Crippen molar-refractivity contribution in [2.75, 3.05) is 33.3 Å². The van der Waals surface area contributed by atoms with Gasteiger partial charge in [-0.2, -0.15) is 4.98 Å². The highest BCUT2D eigenvalue weighted by Gasteiger charge is 2.26. The molecular weight excluding hydrogens is 394 g/mol. The van der Waals surface area contributed by atoms with E-state index in [-0.39, 0.29) is 5.56 Å². The molecule has 2 heterocycles. The minimum atomic E-state index is -1.11. The molecule has 0 spiro atoms. The molecular formula is C21H20F2N4O3. The summed E-state index contributed by atoms with van der Waals surface area (Å²) >= 11 is 0. The molecule has 0 bridgehead atoms. The Morgan fingerprint density at radius 2 is 1.83 bits per heavy atom. The molecule has 1 aromatic heterocycles. The Hall–Kier alpha value is -3.33. The Morgan fingerprint density at radius 3 is 2.53 bits per heavy atom. The van der Waals surface area contributed by atoms with Crippen molar-refractivity contribution in [3.63, 3.8) is 0 Å². The van der Waals surface area contributed by atoms with Crippen LogP contribution in [0.3, 0.4) is 0 Å². The second-order valence-electron chi connectivity index (χ2n) is 6.91. The van der Waals surface area contributed by atoms with E-state index in [1.807, 2.05) is 24.3 Å². The Morgan fingerprint density at radius 1 is 1.10 bits per heavy atom. The summed E-state index contributed by atoms with van der Waals surface area (Å²) < 4.78 is 37.8. The third-order valence-corrected chi connectivity index (χ3v) is 5.02. The van der Waals surface area contributed by atoms with Crippen LogP contribution in [-0.2, 0) is 6.54 Å². The van der Waals surface area contributed by atoms with Crippen LogP contribution in [0.5, 0.6) is 5.75 Å². The zero-order chi connectivity index (χ0) is 21.1. The van der Waals surface area contributed by atoms with Gasteiger partial charge in [0.1, 0.15) is 5.75 Å². The first-order chi connectivity index (χ1) is 14.5. The molecule has 3 aromatic rings. The molecule has 1 amide bonds. The fourth-order valence-electron chi connectivity index (χ4n) is 3.32. The van der Waals surface area contributed by atoms with Gasteiger partial charge in [-0.15, -0.1) is 0 Å². The fraction of sp³-hybridized carbons (Fsp3) is 0.286. The first kappa shape index (κ1) is 20.0. The second kappa shape index (κ2) is 8.58. The van der Waals surface area contributed by atoms with Crippen LogP contribution in [0.4, 0.5) is 8.78 Å². The molecule has 0 N–H and O–H groups in total. The molecule has 1 saturated heterocycles. The van der Waals surface area contributed by atoms with E-state index in [2.05, 4.69) is 15.0 Å². The molecule has 1 fully saturated rings. The summed E-state index contributed by atoms with van der Waals surface area (Å²) in [6.45, 7) is 2.36. The Kier molecular flexibility index (Phi) is 5.71. The van der Waals surface area contributed by atoms with Crippen molar-refractivity contribution in [1.82, 2.24) is 19.9 Å². The van der Waals surface area contributed by atoms with Crippen molar-refractivity contribution in [2.45, 2.75) is 6.54 Å². The summed E-state index contributed by atoms with van der Waals surface area (Å²) in [5.74, 6) is -0.940. The quantitative estimate of drug-likeness (QED) is 0.639. The zero-order valence-corrected chi connectivity index (χ0v) is 16.3. The van der Waals surface area contributed by atoms with E-state index in [0.717, 1.165) is 17.4 Å². The van der Waals surface area contributed by atoms with E-state index in [1.54, 1.807) is 7.11 Å². The van der Waals surface area contributed by atoms with E-state index in [1.165, 1.54) is 17.0 Å². The van der Waals surface area contributed by atoms with Gasteiger partial charge < -0.3 is 14.2 Å². The number of piperazine rings is 1. The van der Waals surface area contributed by atoms with E-state index < -0.39 is 17.5 Å². The van der Waals surface area contributed by atoms with Crippen LogP contribution in [-0.4, -0.2) is 59.1 Å².